The minimum Gasteiger partial charge on any atom is -0.367 e. The molecule has 0 bridgehead atoms. The van der Waals surface area contributed by atoms with E-state index in [1.54, 1.807) is 6.20 Å². The van der Waals surface area contributed by atoms with Crippen LogP contribution in [0.25, 0.3) is 10.1 Å². The van der Waals surface area contributed by atoms with Gasteiger partial charge in [0.1, 0.15) is 5.82 Å². The molecule has 0 aromatic carbocycles. The molecular formula is C11H11F3N2S. The van der Waals surface area contributed by atoms with Crippen LogP contribution in [0.3, 0.4) is 0 Å². The molecule has 2 aromatic rings. The highest BCUT2D eigenvalue weighted by Gasteiger charge is 2.30. The highest BCUT2D eigenvalue weighted by atomic mass is 32.1. The van der Waals surface area contributed by atoms with Gasteiger partial charge in [0.05, 0.1) is 6.42 Å². The van der Waals surface area contributed by atoms with Gasteiger partial charge in [-0.25, -0.2) is 4.98 Å². The molecule has 0 aliphatic carbocycles. The van der Waals surface area contributed by atoms with Crippen LogP contribution >= 0.6 is 11.3 Å². The number of hydrogen-bond donors (Lipinski definition) is 1. The third kappa shape index (κ3) is 3.09. The summed E-state index contributed by atoms with van der Waals surface area (Å²) in [5.41, 5.74) is 0. The van der Waals surface area contributed by atoms with Crippen LogP contribution in [0, 0.1) is 0 Å². The Labute approximate surface area is 100 Å². The van der Waals surface area contributed by atoms with Crippen LogP contribution in [0.5, 0.6) is 0 Å². The van der Waals surface area contributed by atoms with Crippen molar-refractivity contribution in [3.05, 3.63) is 23.7 Å². The highest BCUT2D eigenvalue weighted by Crippen LogP contribution is 2.28. The van der Waals surface area contributed by atoms with Gasteiger partial charge in [0, 0.05) is 22.3 Å². The monoisotopic (exact) mass is 260 g/mol. The largest absolute Gasteiger partial charge is 0.391 e. The molecule has 0 saturated heterocycles. The number of alkyl halides is 3. The van der Waals surface area contributed by atoms with Gasteiger partial charge in [0.25, 0.3) is 0 Å². The predicted molar refractivity (Wildman–Crippen MR) is 63.4 cm³/mol. The van der Waals surface area contributed by atoms with Gasteiger partial charge in [0.2, 0.25) is 0 Å². The fraction of sp³-hybridized carbons (Fsp3) is 0.364. The van der Waals surface area contributed by atoms with Gasteiger partial charge in [-0.3, -0.25) is 0 Å². The maximum atomic E-state index is 12.2. The normalized spacial score (nSPS) is 13.9. The van der Waals surface area contributed by atoms with E-state index in [1.807, 2.05) is 17.5 Å². The third-order valence-corrected chi connectivity index (χ3v) is 3.18. The molecule has 17 heavy (non-hydrogen) atoms. The summed E-state index contributed by atoms with van der Waals surface area (Å²) in [6.07, 6.45) is -3.42. The molecule has 1 unspecified atom stereocenters. The number of nitrogens with zero attached hydrogens (tertiary/aromatic N) is 1. The molecule has 1 N–H and O–H groups in total. The van der Waals surface area contributed by atoms with Gasteiger partial charge in [-0.1, -0.05) is 0 Å². The first-order chi connectivity index (χ1) is 7.96. The molecule has 0 saturated carbocycles. The SMILES string of the molecule is CC(CC(F)(F)F)Nc1nccc2sccc12. The second-order valence-electron chi connectivity index (χ2n) is 3.86. The van der Waals surface area contributed by atoms with E-state index in [4.69, 9.17) is 0 Å². The fourth-order valence-electron chi connectivity index (χ4n) is 1.64. The molecular weight excluding hydrogens is 249 g/mol. The molecule has 2 rings (SSSR count). The number of aromatic nitrogens is 1. The Kier molecular flexibility index (Phi) is 3.24. The van der Waals surface area contributed by atoms with Crippen molar-refractivity contribution in [2.75, 3.05) is 5.32 Å². The third-order valence-electron chi connectivity index (χ3n) is 2.30. The molecule has 0 radical (unpaired) electrons. The lowest BCUT2D eigenvalue weighted by Gasteiger charge is -2.16. The Balaban J connectivity index is 2.15. The minimum absolute atomic E-state index is 0.514. The molecule has 2 nitrogen and oxygen atoms in total. The lowest BCUT2D eigenvalue weighted by molar-refractivity contribution is -0.136. The molecule has 0 spiro atoms. The first-order valence-corrected chi connectivity index (χ1v) is 5.99. The summed E-state index contributed by atoms with van der Waals surface area (Å²) in [4.78, 5) is 4.08. The first-order valence-electron chi connectivity index (χ1n) is 5.11. The Morgan fingerprint density at radius 3 is 2.88 bits per heavy atom. The van der Waals surface area contributed by atoms with Gasteiger partial charge >= 0.3 is 6.18 Å². The van der Waals surface area contributed by atoms with Crippen molar-refractivity contribution in [1.82, 2.24) is 4.98 Å². The number of thiophene rings is 1. The van der Waals surface area contributed by atoms with Crippen LogP contribution in [0.1, 0.15) is 13.3 Å². The summed E-state index contributed by atoms with van der Waals surface area (Å²) in [6, 6.07) is 3.02. The molecule has 1 atom stereocenters. The molecule has 0 aliphatic rings. The van der Waals surface area contributed by atoms with E-state index < -0.39 is 18.6 Å². The Morgan fingerprint density at radius 1 is 1.41 bits per heavy atom. The topological polar surface area (TPSA) is 24.9 Å². The summed E-state index contributed by atoms with van der Waals surface area (Å²) in [7, 11) is 0. The zero-order valence-corrected chi connectivity index (χ0v) is 9.90. The van der Waals surface area contributed by atoms with E-state index in [0.717, 1.165) is 10.1 Å². The van der Waals surface area contributed by atoms with Crippen LogP contribution in [-0.4, -0.2) is 17.2 Å². The van der Waals surface area contributed by atoms with Crippen LogP contribution in [0.4, 0.5) is 19.0 Å². The van der Waals surface area contributed by atoms with E-state index in [9.17, 15) is 13.2 Å². The van der Waals surface area contributed by atoms with Crippen molar-refractivity contribution >= 4 is 27.2 Å². The van der Waals surface area contributed by atoms with Gasteiger partial charge < -0.3 is 5.32 Å². The van der Waals surface area contributed by atoms with Crippen LogP contribution in [0.2, 0.25) is 0 Å². The molecule has 2 aromatic heterocycles. The highest BCUT2D eigenvalue weighted by molar-refractivity contribution is 7.17. The molecule has 2 heterocycles. The number of pyridine rings is 1. The second-order valence-corrected chi connectivity index (χ2v) is 4.80. The smallest absolute Gasteiger partial charge is 0.367 e. The summed E-state index contributed by atoms with van der Waals surface area (Å²) in [5, 5.41) is 5.57. The predicted octanol–water partition coefficient (Wildman–Crippen LogP) is 4.05. The number of nitrogens with one attached hydrogen (secondary N) is 1. The number of fused-ring (bicyclic) bond motifs is 1. The standard InChI is InChI=1S/C11H11F3N2S/c1-7(6-11(12,13)14)16-10-8-3-5-17-9(8)2-4-15-10/h2-5,7H,6H2,1H3,(H,15,16). The van der Waals surface area contributed by atoms with Crippen molar-refractivity contribution in [2.24, 2.45) is 0 Å². The lowest BCUT2D eigenvalue weighted by Crippen LogP contribution is -2.24. The Bertz CT molecular complexity index is 507. The van der Waals surface area contributed by atoms with E-state index in [-0.39, 0.29) is 0 Å². The number of hydrogen-bond acceptors (Lipinski definition) is 3. The van der Waals surface area contributed by atoms with Gasteiger partial charge in [-0.2, -0.15) is 13.2 Å². The summed E-state index contributed by atoms with van der Waals surface area (Å²) in [5.74, 6) is 0.514. The van der Waals surface area contributed by atoms with Crippen LogP contribution in [-0.2, 0) is 0 Å². The Hall–Kier alpha value is -1.30. The lowest BCUT2D eigenvalue weighted by atomic mass is 10.2. The summed E-state index contributed by atoms with van der Waals surface area (Å²) >= 11 is 1.54. The maximum Gasteiger partial charge on any atom is 0.391 e. The average Bonchev–Trinajstić information content (AvgIpc) is 2.63. The number of rotatable bonds is 3. The van der Waals surface area contributed by atoms with Crippen molar-refractivity contribution < 1.29 is 13.2 Å². The first kappa shape index (κ1) is 12.2. The Morgan fingerprint density at radius 2 is 2.18 bits per heavy atom. The van der Waals surface area contributed by atoms with Gasteiger partial charge in [0.15, 0.2) is 0 Å². The second kappa shape index (κ2) is 4.52. The molecule has 0 fully saturated rings. The number of anilines is 1. The van der Waals surface area contributed by atoms with Crippen LogP contribution in [0.15, 0.2) is 23.7 Å². The van der Waals surface area contributed by atoms with E-state index >= 15 is 0 Å². The maximum absolute atomic E-state index is 12.2. The fourth-order valence-corrected chi connectivity index (χ4v) is 2.42. The summed E-state index contributed by atoms with van der Waals surface area (Å²) < 4.78 is 37.6. The minimum atomic E-state index is -4.16. The summed E-state index contributed by atoms with van der Waals surface area (Å²) in [6.45, 7) is 1.50. The molecule has 0 amide bonds. The molecule has 92 valence electrons. The van der Waals surface area contributed by atoms with Crippen molar-refractivity contribution in [2.45, 2.75) is 25.6 Å². The van der Waals surface area contributed by atoms with E-state index in [1.165, 1.54) is 18.3 Å². The van der Waals surface area contributed by atoms with E-state index in [0.29, 0.717) is 5.82 Å². The molecule has 0 aliphatic heterocycles. The quantitative estimate of drug-likeness (QED) is 0.900. The van der Waals surface area contributed by atoms with Gasteiger partial charge in [-0.05, 0) is 24.4 Å². The number of halogens is 3. The zero-order chi connectivity index (χ0) is 12.5. The van der Waals surface area contributed by atoms with Crippen molar-refractivity contribution in [3.63, 3.8) is 0 Å². The average molecular weight is 260 g/mol. The van der Waals surface area contributed by atoms with Crippen molar-refractivity contribution in [1.29, 1.82) is 0 Å². The van der Waals surface area contributed by atoms with Crippen molar-refractivity contribution in [3.8, 4) is 0 Å². The van der Waals surface area contributed by atoms with Crippen LogP contribution < -0.4 is 5.32 Å². The molecule has 6 heteroatoms. The van der Waals surface area contributed by atoms with Gasteiger partial charge in [-0.15, -0.1) is 11.3 Å². The van der Waals surface area contributed by atoms with E-state index in [2.05, 4.69) is 10.3 Å². The zero-order valence-electron chi connectivity index (χ0n) is 9.08.